The van der Waals surface area contributed by atoms with Crippen LogP contribution in [-0.2, 0) is 23.6 Å². The third-order valence-electron chi connectivity index (χ3n) is 4.81. The molecule has 0 saturated carbocycles. The Morgan fingerprint density at radius 3 is 1.87 bits per heavy atom. The van der Waals surface area contributed by atoms with Crippen LogP contribution < -0.4 is 4.72 Å². The summed E-state index contributed by atoms with van der Waals surface area (Å²) in [5.74, 6) is 0. The predicted octanol–water partition coefficient (Wildman–Crippen LogP) is 2.75. The molecule has 2 aromatic rings. The van der Waals surface area contributed by atoms with Crippen molar-refractivity contribution in [1.82, 2.24) is 14.5 Å². The molecular weight excluding hydrogens is 310 g/mol. The van der Waals surface area contributed by atoms with E-state index in [-0.39, 0.29) is 6.54 Å². The fraction of sp³-hybridized carbons (Fsp3) is 0.471. The summed E-state index contributed by atoms with van der Waals surface area (Å²) in [6.07, 6.45) is 0. The SMILES string of the molecule is Cc1c(C)c(C)c(S(=O)(=O)NCc2cc(C)n(C)n2)c(C)c1C. The van der Waals surface area contributed by atoms with Gasteiger partial charge in [-0.2, -0.15) is 5.10 Å². The molecule has 0 aliphatic carbocycles. The summed E-state index contributed by atoms with van der Waals surface area (Å²) < 4.78 is 30.0. The molecule has 126 valence electrons. The van der Waals surface area contributed by atoms with Crippen molar-refractivity contribution >= 4 is 10.0 Å². The molecule has 0 bridgehead atoms. The highest BCUT2D eigenvalue weighted by Gasteiger charge is 2.23. The first-order valence-electron chi connectivity index (χ1n) is 7.62. The van der Waals surface area contributed by atoms with Gasteiger partial charge in [0.25, 0.3) is 0 Å². The minimum Gasteiger partial charge on any atom is -0.273 e. The third kappa shape index (κ3) is 3.19. The molecule has 0 aliphatic rings. The molecule has 1 aromatic carbocycles. The van der Waals surface area contributed by atoms with Crippen LogP contribution in [0.1, 0.15) is 39.2 Å². The molecule has 0 fully saturated rings. The molecule has 23 heavy (non-hydrogen) atoms. The Morgan fingerprint density at radius 2 is 1.43 bits per heavy atom. The summed E-state index contributed by atoms with van der Waals surface area (Å²) in [5.41, 5.74) is 6.55. The molecule has 5 nitrogen and oxygen atoms in total. The van der Waals surface area contributed by atoms with Crippen LogP contribution in [0.25, 0.3) is 0 Å². The summed E-state index contributed by atoms with van der Waals surface area (Å²) in [6.45, 7) is 11.8. The monoisotopic (exact) mass is 335 g/mol. The number of rotatable bonds is 4. The van der Waals surface area contributed by atoms with E-state index < -0.39 is 10.0 Å². The van der Waals surface area contributed by atoms with Crippen LogP contribution in [0.2, 0.25) is 0 Å². The fourth-order valence-corrected chi connectivity index (χ4v) is 4.43. The van der Waals surface area contributed by atoms with Crippen molar-refractivity contribution in [2.45, 2.75) is 53.0 Å². The second-order valence-electron chi connectivity index (χ2n) is 6.18. The maximum absolute atomic E-state index is 12.8. The summed E-state index contributed by atoms with van der Waals surface area (Å²) in [7, 11) is -1.74. The average Bonchev–Trinajstić information content (AvgIpc) is 2.80. The quantitative estimate of drug-likeness (QED) is 0.934. The standard InChI is InChI=1S/C17H25N3O2S/c1-10-8-16(19-20(10)7)9-18-23(21,22)17-14(5)12(3)11(2)13(4)15(17)6/h8,18H,9H2,1-7H3. The van der Waals surface area contributed by atoms with E-state index in [1.165, 1.54) is 0 Å². The van der Waals surface area contributed by atoms with E-state index in [2.05, 4.69) is 9.82 Å². The molecular formula is C17H25N3O2S. The number of nitrogens with zero attached hydrogens (tertiary/aromatic N) is 2. The molecule has 0 atom stereocenters. The lowest BCUT2D eigenvalue weighted by Crippen LogP contribution is -2.26. The van der Waals surface area contributed by atoms with Gasteiger partial charge in [0, 0.05) is 12.7 Å². The molecule has 0 radical (unpaired) electrons. The number of nitrogens with one attached hydrogen (secondary N) is 1. The minimum atomic E-state index is -3.58. The van der Waals surface area contributed by atoms with Gasteiger partial charge < -0.3 is 0 Å². The molecule has 1 aromatic heterocycles. The van der Waals surface area contributed by atoms with E-state index in [1.54, 1.807) is 4.68 Å². The summed E-state index contributed by atoms with van der Waals surface area (Å²) in [4.78, 5) is 0.394. The van der Waals surface area contributed by atoms with E-state index >= 15 is 0 Å². The van der Waals surface area contributed by atoms with Crippen molar-refractivity contribution in [2.75, 3.05) is 0 Å². The van der Waals surface area contributed by atoms with Crippen LogP contribution in [0, 0.1) is 41.5 Å². The van der Waals surface area contributed by atoms with Crippen LogP contribution >= 0.6 is 0 Å². The highest BCUT2D eigenvalue weighted by atomic mass is 32.2. The predicted molar refractivity (Wildman–Crippen MR) is 92.1 cm³/mol. The number of sulfonamides is 1. The molecule has 0 unspecified atom stereocenters. The van der Waals surface area contributed by atoms with Gasteiger partial charge in [0.05, 0.1) is 17.1 Å². The van der Waals surface area contributed by atoms with Gasteiger partial charge in [-0.15, -0.1) is 0 Å². The summed E-state index contributed by atoms with van der Waals surface area (Å²) in [5, 5.41) is 4.29. The first-order valence-corrected chi connectivity index (χ1v) is 9.10. The van der Waals surface area contributed by atoms with Gasteiger partial charge in [-0.05, 0) is 75.4 Å². The van der Waals surface area contributed by atoms with Gasteiger partial charge in [-0.3, -0.25) is 4.68 Å². The lowest BCUT2D eigenvalue weighted by molar-refractivity contribution is 0.577. The normalized spacial score (nSPS) is 12.0. The van der Waals surface area contributed by atoms with E-state index in [4.69, 9.17) is 0 Å². The van der Waals surface area contributed by atoms with E-state index in [1.807, 2.05) is 54.7 Å². The van der Waals surface area contributed by atoms with Crippen molar-refractivity contribution in [3.05, 3.63) is 45.3 Å². The van der Waals surface area contributed by atoms with Crippen LogP contribution in [0.15, 0.2) is 11.0 Å². The van der Waals surface area contributed by atoms with Crippen molar-refractivity contribution in [3.63, 3.8) is 0 Å². The second kappa shape index (κ2) is 6.09. The van der Waals surface area contributed by atoms with Gasteiger partial charge in [0.1, 0.15) is 0 Å². The zero-order chi connectivity index (χ0) is 17.5. The number of benzene rings is 1. The zero-order valence-corrected chi connectivity index (χ0v) is 15.7. The van der Waals surface area contributed by atoms with Gasteiger partial charge in [0.2, 0.25) is 10.0 Å². The van der Waals surface area contributed by atoms with Crippen molar-refractivity contribution < 1.29 is 8.42 Å². The van der Waals surface area contributed by atoms with Gasteiger partial charge in [-0.25, -0.2) is 13.1 Å². The first-order chi connectivity index (χ1) is 10.6. The molecule has 0 saturated heterocycles. The van der Waals surface area contributed by atoms with E-state index in [9.17, 15) is 8.42 Å². The lowest BCUT2D eigenvalue weighted by Gasteiger charge is -2.18. The maximum atomic E-state index is 12.8. The van der Waals surface area contributed by atoms with Gasteiger partial charge in [-0.1, -0.05) is 0 Å². The van der Waals surface area contributed by atoms with E-state index in [0.29, 0.717) is 10.6 Å². The highest BCUT2D eigenvalue weighted by molar-refractivity contribution is 7.89. The lowest BCUT2D eigenvalue weighted by atomic mass is 9.95. The Labute approximate surface area is 138 Å². The minimum absolute atomic E-state index is 0.189. The van der Waals surface area contributed by atoms with Gasteiger partial charge >= 0.3 is 0 Å². The Kier molecular flexibility index (Phi) is 4.69. The molecule has 0 amide bonds. The molecule has 1 heterocycles. The van der Waals surface area contributed by atoms with Crippen LogP contribution in [-0.4, -0.2) is 18.2 Å². The largest absolute Gasteiger partial charge is 0.273 e. The second-order valence-corrected chi connectivity index (χ2v) is 7.88. The van der Waals surface area contributed by atoms with Crippen LogP contribution in [0.5, 0.6) is 0 Å². The Bertz CT molecular complexity index is 816. The molecule has 0 aliphatic heterocycles. The topological polar surface area (TPSA) is 64.0 Å². The third-order valence-corrected chi connectivity index (χ3v) is 6.48. The molecule has 1 N–H and O–H groups in total. The summed E-state index contributed by atoms with van der Waals surface area (Å²) >= 11 is 0. The van der Waals surface area contributed by atoms with Crippen LogP contribution in [0.3, 0.4) is 0 Å². The fourth-order valence-electron chi connectivity index (χ4n) is 2.83. The molecule has 0 spiro atoms. The van der Waals surface area contributed by atoms with Crippen molar-refractivity contribution in [2.24, 2.45) is 7.05 Å². The summed E-state index contributed by atoms with van der Waals surface area (Å²) in [6, 6.07) is 1.88. The number of aryl methyl sites for hydroxylation is 2. The molecule has 6 heteroatoms. The van der Waals surface area contributed by atoms with Crippen molar-refractivity contribution in [1.29, 1.82) is 0 Å². The average molecular weight is 335 g/mol. The first kappa shape index (κ1) is 17.7. The zero-order valence-electron chi connectivity index (χ0n) is 14.9. The Balaban J connectivity index is 2.40. The highest BCUT2D eigenvalue weighted by Crippen LogP contribution is 2.29. The van der Waals surface area contributed by atoms with Crippen molar-refractivity contribution in [3.8, 4) is 0 Å². The Hall–Kier alpha value is -1.66. The van der Waals surface area contributed by atoms with Gasteiger partial charge in [0.15, 0.2) is 0 Å². The van der Waals surface area contributed by atoms with Crippen LogP contribution in [0.4, 0.5) is 0 Å². The smallest absolute Gasteiger partial charge is 0.241 e. The molecule has 2 rings (SSSR count). The number of aromatic nitrogens is 2. The maximum Gasteiger partial charge on any atom is 0.241 e. The Morgan fingerprint density at radius 1 is 0.957 bits per heavy atom. The van der Waals surface area contributed by atoms with E-state index in [0.717, 1.165) is 33.5 Å². The number of hydrogen-bond donors (Lipinski definition) is 1. The number of hydrogen-bond acceptors (Lipinski definition) is 3.